The summed E-state index contributed by atoms with van der Waals surface area (Å²) < 4.78 is 27.2. The Bertz CT molecular complexity index is 719. The summed E-state index contributed by atoms with van der Waals surface area (Å²) >= 11 is 9.23. The van der Waals surface area contributed by atoms with Crippen molar-refractivity contribution in [3.8, 4) is 0 Å². The first-order valence-electron chi connectivity index (χ1n) is 6.44. The van der Waals surface area contributed by atoms with Gasteiger partial charge in [-0.25, -0.2) is 8.42 Å². The zero-order chi connectivity index (χ0) is 15.3. The van der Waals surface area contributed by atoms with E-state index in [0.29, 0.717) is 10.7 Å². The predicted octanol–water partition coefficient (Wildman–Crippen LogP) is 4.47. The first-order valence-corrected chi connectivity index (χ1v) is 9.43. The van der Waals surface area contributed by atoms with Crippen LogP contribution in [0.25, 0.3) is 0 Å². The topological polar surface area (TPSA) is 46.2 Å². The normalized spacial score (nSPS) is 11.3. The Morgan fingerprint density at radius 3 is 2.57 bits per heavy atom. The molecule has 0 radical (unpaired) electrons. The molecule has 112 valence electrons. The Kier molecular flexibility index (Phi) is 5.67. The Labute approximate surface area is 138 Å². The van der Waals surface area contributed by atoms with E-state index >= 15 is 0 Å². The Hall–Kier alpha value is -1.04. The molecule has 1 N–H and O–H groups in total. The highest BCUT2D eigenvalue weighted by Crippen LogP contribution is 2.20. The highest BCUT2D eigenvalue weighted by Gasteiger charge is 2.14. The molecule has 0 aliphatic rings. The van der Waals surface area contributed by atoms with Gasteiger partial charge >= 0.3 is 0 Å². The number of hydrogen-bond acceptors (Lipinski definition) is 2. The lowest BCUT2D eigenvalue weighted by Gasteiger charge is -2.09. The maximum absolute atomic E-state index is 12.3. The Balaban J connectivity index is 2.20. The molecular weight excluding hydrogens is 374 g/mol. The van der Waals surface area contributed by atoms with Gasteiger partial charge in [0, 0.05) is 16.0 Å². The maximum Gasteiger partial charge on any atom is 0.261 e. The van der Waals surface area contributed by atoms with Crippen LogP contribution in [0.15, 0.2) is 53.4 Å². The summed E-state index contributed by atoms with van der Waals surface area (Å²) in [4.78, 5) is 0.154. The molecule has 0 amide bonds. The van der Waals surface area contributed by atoms with E-state index in [2.05, 4.69) is 20.7 Å². The molecule has 2 rings (SSSR count). The molecule has 0 atom stereocenters. The van der Waals surface area contributed by atoms with Gasteiger partial charge in [0.2, 0.25) is 0 Å². The van der Waals surface area contributed by atoms with E-state index in [1.807, 2.05) is 18.2 Å². The van der Waals surface area contributed by atoms with Gasteiger partial charge in [-0.1, -0.05) is 45.7 Å². The van der Waals surface area contributed by atoms with Crippen LogP contribution in [0.1, 0.15) is 12.0 Å². The Morgan fingerprint density at radius 2 is 1.86 bits per heavy atom. The average Bonchev–Trinajstić information content (AvgIpc) is 2.45. The number of anilines is 1. The standard InChI is InChI=1S/C15H15BrClNO2S/c16-9-3-5-12-4-1-7-14(10-12)18-21(19,20)15-8-2-6-13(17)11-15/h1-2,4,6-8,10-11,18H,3,5,9H2. The number of benzene rings is 2. The fourth-order valence-corrected chi connectivity index (χ4v) is 3.54. The SMILES string of the molecule is O=S(=O)(Nc1cccc(CCCBr)c1)c1cccc(Cl)c1. The van der Waals surface area contributed by atoms with E-state index in [1.165, 1.54) is 12.1 Å². The van der Waals surface area contributed by atoms with Gasteiger partial charge in [-0.3, -0.25) is 4.72 Å². The minimum absolute atomic E-state index is 0.154. The highest BCUT2D eigenvalue weighted by molar-refractivity contribution is 9.09. The van der Waals surface area contributed by atoms with Gasteiger partial charge in [-0.05, 0) is 48.7 Å². The number of hydrogen-bond donors (Lipinski definition) is 1. The largest absolute Gasteiger partial charge is 0.280 e. The molecule has 0 heterocycles. The van der Waals surface area contributed by atoms with Crippen molar-refractivity contribution >= 4 is 43.2 Å². The summed E-state index contributed by atoms with van der Waals surface area (Å²) in [6, 6.07) is 13.6. The van der Waals surface area contributed by atoms with E-state index in [4.69, 9.17) is 11.6 Å². The van der Waals surface area contributed by atoms with Crippen molar-refractivity contribution in [1.82, 2.24) is 0 Å². The smallest absolute Gasteiger partial charge is 0.261 e. The summed E-state index contributed by atoms with van der Waals surface area (Å²) in [5.74, 6) is 0. The lowest BCUT2D eigenvalue weighted by molar-refractivity contribution is 0.601. The van der Waals surface area contributed by atoms with E-state index < -0.39 is 10.0 Å². The molecule has 6 heteroatoms. The highest BCUT2D eigenvalue weighted by atomic mass is 79.9. The quantitative estimate of drug-likeness (QED) is 0.742. The maximum atomic E-state index is 12.3. The first-order chi connectivity index (χ1) is 10.0. The minimum Gasteiger partial charge on any atom is -0.280 e. The molecule has 0 aromatic heterocycles. The van der Waals surface area contributed by atoms with Gasteiger partial charge < -0.3 is 0 Å². The summed E-state index contributed by atoms with van der Waals surface area (Å²) in [6.07, 6.45) is 1.91. The third kappa shape index (κ3) is 4.73. The van der Waals surface area contributed by atoms with Crippen LogP contribution < -0.4 is 4.72 Å². The molecule has 0 unspecified atom stereocenters. The number of rotatable bonds is 6. The van der Waals surface area contributed by atoms with Gasteiger partial charge in [0.05, 0.1) is 4.90 Å². The van der Waals surface area contributed by atoms with Gasteiger partial charge in [-0.2, -0.15) is 0 Å². The van der Waals surface area contributed by atoms with Crippen molar-refractivity contribution in [3.63, 3.8) is 0 Å². The van der Waals surface area contributed by atoms with E-state index in [1.54, 1.807) is 18.2 Å². The monoisotopic (exact) mass is 387 g/mol. The molecule has 2 aromatic rings. The van der Waals surface area contributed by atoms with E-state index in [0.717, 1.165) is 23.7 Å². The van der Waals surface area contributed by atoms with Crippen molar-refractivity contribution in [1.29, 1.82) is 0 Å². The van der Waals surface area contributed by atoms with Crippen molar-refractivity contribution in [2.45, 2.75) is 17.7 Å². The molecule has 0 spiro atoms. The van der Waals surface area contributed by atoms with Crippen LogP contribution in [-0.4, -0.2) is 13.7 Å². The third-order valence-electron chi connectivity index (χ3n) is 2.88. The van der Waals surface area contributed by atoms with Gasteiger partial charge in [0.1, 0.15) is 0 Å². The summed E-state index contributed by atoms with van der Waals surface area (Å²) in [6.45, 7) is 0. The summed E-state index contributed by atoms with van der Waals surface area (Å²) in [5.41, 5.74) is 1.66. The number of halogens is 2. The van der Waals surface area contributed by atoms with Crippen molar-refractivity contribution in [2.24, 2.45) is 0 Å². The fraction of sp³-hybridized carbons (Fsp3) is 0.200. The molecule has 0 fully saturated rings. The zero-order valence-electron chi connectivity index (χ0n) is 11.2. The fourth-order valence-electron chi connectivity index (χ4n) is 1.91. The number of aryl methyl sites for hydroxylation is 1. The van der Waals surface area contributed by atoms with Gasteiger partial charge in [0.15, 0.2) is 0 Å². The minimum atomic E-state index is -3.62. The summed E-state index contributed by atoms with van der Waals surface area (Å²) in [7, 11) is -3.62. The van der Waals surface area contributed by atoms with Crippen molar-refractivity contribution in [3.05, 3.63) is 59.1 Å². The molecule has 3 nitrogen and oxygen atoms in total. The van der Waals surface area contributed by atoms with Crippen LogP contribution in [0.3, 0.4) is 0 Å². The van der Waals surface area contributed by atoms with Crippen LogP contribution in [0.5, 0.6) is 0 Å². The van der Waals surface area contributed by atoms with E-state index in [9.17, 15) is 8.42 Å². The summed E-state index contributed by atoms with van der Waals surface area (Å²) in [5, 5.41) is 1.31. The lowest BCUT2D eigenvalue weighted by Crippen LogP contribution is -2.13. The molecule has 0 saturated heterocycles. The second kappa shape index (κ2) is 7.29. The van der Waals surface area contributed by atoms with Crippen LogP contribution in [-0.2, 0) is 16.4 Å². The second-order valence-corrected chi connectivity index (χ2v) is 7.47. The molecular formula is C15H15BrClNO2S. The average molecular weight is 389 g/mol. The van der Waals surface area contributed by atoms with Crippen LogP contribution in [0.4, 0.5) is 5.69 Å². The molecule has 0 aliphatic heterocycles. The Morgan fingerprint density at radius 1 is 1.10 bits per heavy atom. The molecule has 0 aliphatic carbocycles. The lowest BCUT2D eigenvalue weighted by atomic mass is 10.1. The molecule has 21 heavy (non-hydrogen) atoms. The first kappa shape index (κ1) is 16.3. The second-order valence-electron chi connectivity index (χ2n) is 4.56. The van der Waals surface area contributed by atoms with Crippen LogP contribution in [0, 0.1) is 0 Å². The zero-order valence-corrected chi connectivity index (χ0v) is 14.4. The van der Waals surface area contributed by atoms with Crippen LogP contribution in [0.2, 0.25) is 5.02 Å². The van der Waals surface area contributed by atoms with E-state index in [-0.39, 0.29) is 4.90 Å². The molecule has 0 bridgehead atoms. The van der Waals surface area contributed by atoms with Crippen LogP contribution >= 0.6 is 27.5 Å². The van der Waals surface area contributed by atoms with Gasteiger partial charge in [-0.15, -0.1) is 0 Å². The van der Waals surface area contributed by atoms with Gasteiger partial charge in [0.25, 0.3) is 10.0 Å². The number of sulfonamides is 1. The molecule has 0 saturated carbocycles. The number of nitrogens with one attached hydrogen (secondary N) is 1. The molecule has 2 aromatic carbocycles. The third-order valence-corrected chi connectivity index (χ3v) is 5.06. The number of alkyl halides is 1. The van der Waals surface area contributed by atoms with Crippen molar-refractivity contribution < 1.29 is 8.42 Å². The van der Waals surface area contributed by atoms with Crippen molar-refractivity contribution in [2.75, 3.05) is 10.1 Å². The predicted molar refractivity (Wildman–Crippen MR) is 90.8 cm³/mol.